The Morgan fingerprint density at radius 2 is 2.00 bits per heavy atom. The average Bonchev–Trinajstić information content (AvgIpc) is 2.65. The molecule has 6 heteroatoms. The highest BCUT2D eigenvalue weighted by atomic mass is 16.6. The molecule has 2 aliphatic heterocycles. The summed E-state index contributed by atoms with van der Waals surface area (Å²) in [7, 11) is 0. The first-order valence-electron chi connectivity index (χ1n) is 8.28. The lowest BCUT2D eigenvalue weighted by atomic mass is 10.00. The van der Waals surface area contributed by atoms with Gasteiger partial charge in [-0.05, 0) is 42.3 Å². The maximum atomic E-state index is 12.4. The number of carbonyl (C=O) groups is 2. The Labute approximate surface area is 145 Å². The topological polar surface area (TPSA) is 76.7 Å². The fourth-order valence-corrected chi connectivity index (χ4v) is 3.00. The normalized spacial score (nSPS) is 18.1. The largest absolute Gasteiger partial charge is 0.486 e. The van der Waals surface area contributed by atoms with Crippen molar-refractivity contribution < 1.29 is 19.1 Å². The Morgan fingerprint density at radius 3 is 2.88 bits per heavy atom. The predicted octanol–water partition coefficient (Wildman–Crippen LogP) is 2.14. The van der Waals surface area contributed by atoms with Gasteiger partial charge in [-0.15, -0.1) is 0 Å². The average molecular weight is 338 g/mol. The number of fused-ring (bicyclic) bond motifs is 2. The summed E-state index contributed by atoms with van der Waals surface area (Å²) in [5.74, 6) is 1.26. The molecule has 0 fully saturated rings. The lowest BCUT2D eigenvalue weighted by molar-refractivity contribution is -0.116. The van der Waals surface area contributed by atoms with E-state index in [1.54, 1.807) is 12.1 Å². The number of rotatable bonds is 3. The number of benzene rings is 2. The lowest BCUT2D eigenvalue weighted by Gasteiger charge is -2.26. The molecular weight excluding hydrogens is 320 g/mol. The number of carbonyl (C=O) groups excluding carboxylic acids is 2. The van der Waals surface area contributed by atoms with Crippen LogP contribution in [0.25, 0.3) is 0 Å². The third-order valence-corrected chi connectivity index (χ3v) is 4.32. The minimum absolute atomic E-state index is 0.0134. The molecule has 2 heterocycles. The first-order chi connectivity index (χ1) is 12.2. The number of nitrogens with one attached hydrogen (secondary N) is 2. The van der Waals surface area contributed by atoms with E-state index in [9.17, 15) is 9.59 Å². The number of ether oxygens (including phenoxy) is 2. The van der Waals surface area contributed by atoms with E-state index in [0.717, 1.165) is 17.0 Å². The molecule has 0 radical (unpaired) electrons. The van der Waals surface area contributed by atoms with Gasteiger partial charge in [0.2, 0.25) is 5.91 Å². The van der Waals surface area contributed by atoms with Crippen molar-refractivity contribution in [1.82, 2.24) is 5.32 Å². The second-order valence-corrected chi connectivity index (χ2v) is 6.13. The highest BCUT2D eigenvalue weighted by Gasteiger charge is 2.22. The zero-order valence-electron chi connectivity index (χ0n) is 13.6. The summed E-state index contributed by atoms with van der Waals surface area (Å²) in [5, 5.41) is 5.70. The molecule has 2 aromatic rings. The van der Waals surface area contributed by atoms with E-state index < -0.39 is 0 Å². The molecule has 25 heavy (non-hydrogen) atoms. The van der Waals surface area contributed by atoms with Crippen LogP contribution < -0.4 is 20.1 Å². The van der Waals surface area contributed by atoms with E-state index in [1.165, 1.54) is 0 Å². The zero-order valence-corrected chi connectivity index (χ0v) is 13.6. The van der Waals surface area contributed by atoms with Crippen LogP contribution in [0.15, 0.2) is 42.5 Å². The van der Waals surface area contributed by atoms with Gasteiger partial charge in [-0.1, -0.05) is 12.1 Å². The number of anilines is 1. The molecule has 6 nitrogen and oxygen atoms in total. The molecule has 0 saturated carbocycles. The van der Waals surface area contributed by atoms with Crippen LogP contribution in [-0.2, 0) is 11.2 Å². The summed E-state index contributed by atoms with van der Waals surface area (Å²) in [6, 6.07) is 12.8. The summed E-state index contributed by atoms with van der Waals surface area (Å²) in [5.41, 5.74) is 2.35. The Bertz CT molecular complexity index is 834. The number of hydrogen-bond donors (Lipinski definition) is 2. The minimum atomic E-state index is -0.226. The summed E-state index contributed by atoms with van der Waals surface area (Å²) < 4.78 is 11.5. The van der Waals surface area contributed by atoms with Gasteiger partial charge >= 0.3 is 0 Å². The van der Waals surface area contributed by atoms with E-state index in [0.29, 0.717) is 37.3 Å². The smallest absolute Gasteiger partial charge is 0.251 e. The van der Waals surface area contributed by atoms with Gasteiger partial charge in [0.05, 0.1) is 6.54 Å². The number of para-hydroxylation sites is 2. The second-order valence-electron chi connectivity index (χ2n) is 6.13. The van der Waals surface area contributed by atoms with Gasteiger partial charge in [0.1, 0.15) is 12.7 Å². The van der Waals surface area contributed by atoms with Gasteiger partial charge in [-0.25, -0.2) is 0 Å². The predicted molar refractivity (Wildman–Crippen MR) is 92.1 cm³/mol. The highest BCUT2D eigenvalue weighted by molar-refractivity contribution is 5.97. The van der Waals surface area contributed by atoms with Crippen LogP contribution in [0.4, 0.5) is 5.69 Å². The Kier molecular flexibility index (Phi) is 4.01. The van der Waals surface area contributed by atoms with Gasteiger partial charge in [0.15, 0.2) is 11.5 Å². The van der Waals surface area contributed by atoms with Crippen molar-refractivity contribution in [3.05, 3.63) is 53.6 Å². The second kappa shape index (κ2) is 6.47. The fraction of sp³-hybridized carbons (Fsp3) is 0.263. The molecule has 0 aliphatic carbocycles. The van der Waals surface area contributed by atoms with Crippen LogP contribution in [-0.4, -0.2) is 31.1 Å². The maximum Gasteiger partial charge on any atom is 0.251 e. The van der Waals surface area contributed by atoms with Crippen molar-refractivity contribution in [2.24, 2.45) is 0 Å². The monoisotopic (exact) mass is 338 g/mol. The minimum Gasteiger partial charge on any atom is -0.486 e. The molecule has 0 unspecified atom stereocenters. The summed E-state index contributed by atoms with van der Waals surface area (Å²) in [4.78, 5) is 23.8. The quantitative estimate of drug-likeness (QED) is 0.899. The molecule has 2 aliphatic rings. The molecule has 0 aromatic heterocycles. The van der Waals surface area contributed by atoms with Gasteiger partial charge in [-0.3, -0.25) is 9.59 Å². The van der Waals surface area contributed by atoms with Crippen molar-refractivity contribution in [2.45, 2.75) is 18.9 Å². The van der Waals surface area contributed by atoms with Crippen molar-refractivity contribution in [1.29, 1.82) is 0 Å². The summed E-state index contributed by atoms with van der Waals surface area (Å²) in [6.07, 6.45) is 0.874. The first kappa shape index (κ1) is 15.5. The molecule has 4 rings (SSSR count). The van der Waals surface area contributed by atoms with Crippen LogP contribution in [0, 0.1) is 0 Å². The molecule has 128 valence electrons. The zero-order chi connectivity index (χ0) is 17.2. The van der Waals surface area contributed by atoms with Gasteiger partial charge in [0.25, 0.3) is 5.91 Å². The Balaban J connectivity index is 1.38. The van der Waals surface area contributed by atoms with Gasteiger partial charge in [0, 0.05) is 17.7 Å². The van der Waals surface area contributed by atoms with Gasteiger partial charge < -0.3 is 20.1 Å². The Hall–Kier alpha value is -3.02. The summed E-state index contributed by atoms with van der Waals surface area (Å²) >= 11 is 0. The highest BCUT2D eigenvalue weighted by Crippen LogP contribution is 2.30. The Morgan fingerprint density at radius 1 is 1.16 bits per heavy atom. The number of amides is 2. The van der Waals surface area contributed by atoms with E-state index in [1.807, 2.05) is 30.3 Å². The van der Waals surface area contributed by atoms with Crippen LogP contribution in [0.2, 0.25) is 0 Å². The van der Waals surface area contributed by atoms with Crippen molar-refractivity contribution >= 4 is 17.5 Å². The molecule has 0 saturated heterocycles. The van der Waals surface area contributed by atoms with E-state index in [-0.39, 0.29) is 17.9 Å². The van der Waals surface area contributed by atoms with Crippen LogP contribution in [0.5, 0.6) is 11.5 Å². The standard InChI is InChI=1S/C19H18N2O4/c22-18-8-6-12-9-13(5-7-15(12)21-18)19(23)20-10-14-11-24-16-3-1-2-4-17(16)25-14/h1-5,7,9,14H,6,8,10-11H2,(H,20,23)(H,21,22)/t14-/m0/s1. The fourth-order valence-electron chi connectivity index (χ4n) is 3.00. The number of hydrogen-bond acceptors (Lipinski definition) is 4. The van der Waals surface area contributed by atoms with E-state index in [4.69, 9.17) is 9.47 Å². The molecule has 2 amide bonds. The van der Waals surface area contributed by atoms with Crippen LogP contribution >= 0.6 is 0 Å². The summed E-state index contributed by atoms with van der Waals surface area (Å²) in [6.45, 7) is 0.758. The molecule has 0 spiro atoms. The van der Waals surface area contributed by atoms with E-state index in [2.05, 4.69) is 10.6 Å². The first-order valence-corrected chi connectivity index (χ1v) is 8.28. The third kappa shape index (κ3) is 3.28. The van der Waals surface area contributed by atoms with Crippen LogP contribution in [0.3, 0.4) is 0 Å². The van der Waals surface area contributed by atoms with Crippen LogP contribution in [0.1, 0.15) is 22.3 Å². The van der Waals surface area contributed by atoms with Crippen molar-refractivity contribution in [3.8, 4) is 11.5 Å². The van der Waals surface area contributed by atoms with Crippen molar-refractivity contribution in [3.63, 3.8) is 0 Å². The van der Waals surface area contributed by atoms with Gasteiger partial charge in [-0.2, -0.15) is 0 Å². The molecule has 1 atom stereocenters. The van der Waals surface area contributed by atoms with Crippen molar-refractivity contribution in [2.75, 3.05) is 18.5 Å². The number of aryl methyl sites for hydroxylation is 1. The molecule has 0 bridgehead atoms. The SMILES string of the molecule is O=C1CCc2cc(C(=O)NC[C@H]3COc4ccccc4O3)ccc2N1. The molecular formula is C19H18N2O4. The lowest BCUT2D eigenvalue weighted by Crippen LogP contribution is -2.40. The van der Waals surface area contributed by atoms with E-state index >= 15 is 0 Å². The molecule has 2 N–H and O–H groups in total. The molecule has 2 aromatic carbocycles. The maximum absolute atomic E-state index is 12.4. The third-order valence-electron chi connectivity index (χ3n) is 4.32.